The first kappa shape index (κ1) is 24.7. The summed E-state index contributed by atoms with van der Waals surface area (Å²) >= 11 is 0. The maximum Gasteiger partial charge on any atom is 0.115 e. The molecular weight excluding hydrogens is 328 g/mol. The molecule has 26 heavy (non-hydrogen) atoms. The van der Waals surface area contributed by atoms with Crippen LogP contribution in [-0.2, 0) is 4.74 Å². The van der Waals surface area contributed by atoms with Gasteiger partial charge in [0.2, 0.25) is 0 Å². The number of unbranched alkanes of at least 4 members (excludes halogenated alkanes) is 11. The maximum absolute atomic E-state index is 9.05. The normalized spacial score (nSPS) is 12.4. The lowest BCUT2D eigenvalue weighted by Gasteiger charge is -2.04. The molecule has 0 radical (unpaired) electrons. The Morgan fingerprint density at radius 1 is 0.731 bits per heavy atom. The third-order valence-corrected chi connectivity index (χ3v) is 4.06. The summed E-state index contributed by atoms with van der Waals surface area (Å²) in [6.07, 6.45) is 21.1. The van der Waals surface area contributed by atoms with Gasteiger partial charge in [-0.1, -0.05) is 75.7 Å². The molecule has 0 aliphatic carbocycles. The van der Waals surface area contributed by atoms with E-state index in [2.05, 4.69) is 17.9 Å². The van der Waals surface area contributed by atoms with Crippen molar-refractivity contribution in [2.45, 2.75) is 83.2 Å². The van der Waals surface area contributed by atoms with Gasteiger partial charge in [-0.2, -0.15) is 0 Å². The molecule has 0 heterocycles. The van der Waals surface area contributed by atoms with Gasteiger partial charge in [0.05, 0.1) is 12.9 Å². The fourth-order valence-electron chi connectivity index (χ4n) is 2.50. The third-order valence-electron chi connectivity index (χ3n) is 4.06. The largest absolute Gasteiger partial charge is 0.498 e. The number of ether oxygens (including phenoxy) is 1. The number of hydrogen-bond acceptors (Lipinski definition) is 4. The first-order valence-electron chi connectivity index (χ1n) is 10.1. The van der Waals surface area contributed by atoms with Crippen molar-refractivity contribution in [3.8, 4) is 11.8 Å². The molecule has 0 bridgehead atoms. The van der Waals surface area contributed by atoms with Gasteiger partial charge in [0, 0.05) is 12.7 Å². The van der Waals surface area contributed by atoms with Crippen molar-refractivity contribution in [2.24, 2.45) is 0 Å². The SMILES string of the molecule is OCCCCCCCCCCCCC/C=C\C#C/C=C\OCC(O)CO. The van der Waals surface area contributed by atoms with Crippen LogP contribution >= 0.6 is 0 Å². The zero-order chi connectivity index (χ0) is 19.1. The molecule has 0 saturated carbocycles. The molecule has 0 aliphatic rings. The van der Waals surface area contributed by atoms with Crippen LogP contribution in [0.15, 0.2) is 24.5 Å². The fraction of sp³-hybridized carbons (Fsp3) is 0.727. The van der Waals surface area contributed by atoms with E-state index in [1.165, 1.54) is 70.5 Å². The van der Waals surface area contributed by atoms with Gasteiger partial charge < -0.3 is 20.1 Å². The van der Waals surface area contributed by atoms with Gasteiger partial charge >= 0.3 is 0 Å². The van der Waals surface area contributed by atoms with E-state index in [1.807, 2.05) is 6.08 Å². The van der Waals surface area contributed by atoms with Crippen LogP contribution in [0.2, 0.25) is 0 Å². The topological polar surface area (TPSA) is 69.9 Å². The predicted molar refractivity (Wildman–Crippen MR) is 108 cm³/mol. The smallest absolute Gasteiger partial charge is 0.115 e. The van der Waals surface area contributed by atoms with E-state index < -0.39 is 6.10 Å². The van der Waals surface area contributed by atoms with Gasteiger partial charge in [0.25, 0.3) is 0 Å². The summed E-state index contributed by atoms with van der Waals surface area (Å²) in [7, 11) is 0. The Kier molecular flexibility index (Phi) is 20.7. The second-order valence-corrected chi connectivity index (χ2v) is 6.56. The van der Waals surface area contributed by atoms with Gasteiger partial charge in [-0.3, -0.25) is 0 Å². The number of allylic oxidation sites excluding steroid dienone is 3. The second kappa shape index (κ2) is 21.8. The lowest BCUT2D eigenvalue weighted by atomic mass is 10.1. The molecule has 0 fully saturated rings. The minimum atomic E-state index is -0.838. The molecule has 4 nitrogen and oxygen atoms in total. The van der Waals surface area contributed by atoms with Gasteiger partial charge in [-0.15, -0.1) is 0 Å². The van der Waals surface area contributed by atoms with Crippen molar-refractivity contribution < 1.29 is 20.1 Å². The summed E-state index contributed by atoms with van der Waals surface area (Å²) in [6, 6.07) is 0. The lowest BCUT2D eigenvalue weighted by molar-refractivity contribution is 0.0385. The zero-order valence-electron chi connectivity index (χ0n) is 16.2. The average molecular weight is 367 g/mol. The van der Waals surface area contributed by atoms with Gasteiger partial charge in [0.15, 0.2) is 0 Å². The van der Waals surface area contributed by atoms with Gasteiger partial charge in [0.1, 0.15) is 12.7 Å². The molecule has 1 unspecified atom stereocenters. The Bertz CT molecular complexity index is 393. The molecule has 0 amide bonds. The third kappa shape index (κ3) is 20.8. The van der Waals surface area contributed by atoms with Crippen LogP contribution in [0.4, 0.5) is 0 Å². The molecule has 0 aromatic carbocycles. The van der Waals surface area contributed by atoms with Crippen molar-refractivity contribution in [3.63, 3.8) is 0 Å². The van der Waals surface area contributed by atoms with Crippen molar-refractivity contribution in [3.05, 3.63) is 24.5 Å². The highest BCUT2D eigenvalue weighted by Crippen LogP contribution is 2.11. The van der Waals surface area contributed by atoms with E-state index in [0.717, 1.165) is 12.8 Å². The van der Waals surface area contributed by atoms with Gasteiger partial charge in [-0.25, -0.2) is 0 Å². The minimum Gasteiger partial charge on any atom is -0.498 e. The Morgan fingerprint density at radius 3 is 1.85 bits per heavy atom. The molecule has 0 aromatic rings. The highest BCUT2D eigenvalue weighted by atomic mass is 16.5. The second-order valence-electron chi connectivity index (χ2n) is 6.56. The van der Waals surface area contributed by atoms with Crippen LogP contribution in [0, 0.1) is 11.8 Å². The Balaban J connectivity index is 3.29. The Hall–Kier alpha value is -1.28. The van der Waals surface area contributed by atoms with Crippen molar-refractivity contribution in [1.29, 1.82) is 0 Å². The molecule has 0 rings (SSSR count). The van der Waals surface area contributed by atoms with Crippen LogP contribution in [0.1, 0.15) is 77.0 Å². The summed E-state index contributed by atoms with van der Waals surface area (Å²) in [5, 5.41) is 26.3. The van der Waals surface area contributed by atoms with Crippen LogP contribution in [0.5, 0.6) is 0 Å². The predicted octanol–water partition coefficient (Wildman–Crippen LogP) is 4.10. The zero-order valence-corrected chi connectivity index (χ0v) is 16.2. The first-order chi connectivity index (χ1) is 12.8. The lowest BCUT2D eigenvalue weighted by Crippen LogP contribution is -2.17. The van der Waals surface area contributed by atoms with Crippen molar-refractivity contribution in [1.82, 2.24) is 0 Å². The summed E-state index contributed by atoms with van der Waals surface area (Å²) in [5.41, 5.74) is 0. The maximum atomic E-state index is 9.05. The average Bonchev–Trinajstić information content (AvgIpc) is 2.66. The van der Waals surface area contributed by atoms with Crippen molar-refractivity contribution in [2.75, 3.05) is 19.8 Å². The van der Waals surface area contributed by atoms with Gasteiger partial charge in [-0.05, 0) is 25.3 Å². The molecule has 4 heteroatoms. The summed E-state index contributed by atoms with van der Waals surface area (Å²) in [6.45, 7) is 0.120. The number of aliphatic hydroxyl groups is 3. The van der Waals surface area contributed by atoms with Crippen LogP contribution in [-0.4, -0.2) is 41.2 Å². The molecule has 3 N–H and O–H groups in total. The Labute approximate surface area is 160 Å². The van der Waals surface area contributed by atoms with E-state index in [1.54, 1.807) is 6.08 Å². The van der Waals surface area contributed by atoms with E-state index in [4.69, 9.17) is 20.1 Å². The number of aliphatic hydroxyl groups excluding tert-OH is 3. The molecule has 0 aromatic heterocycles. The van der Waals surface area contributed by atoms with E-state index in [9.17, 15) is 0 Å². The molecule has 0 aliphatic heterocycles. The minimum absolute atomic E-state index is 0.0785. The molecule has 1 atom stereocenters. The quantitative estimate of drug-likeness (QED) is 0.206. The fourth-order valence-corrected chi connectivity index (χ4v) is 2.50. The van der Waals surface area contributed by atoms with Crippen molar-refractivity contribution >= 4 is 0 Å². The molecular formula is C22H38O4. The van der Waals surface area contributed by atoms with E-state index in [-0.39, 0.29) is 13.2 Å². The van der Waals surface area contributed by atoms with E-state index >= 15 is 0 Å². The molecule has 150 valence electrons. The number of hydrogen-bond donors (Lipinski definition) is 3. The standard InChI is InChI=1S/C22H38O4/c23-18-16-14-12-10-8-6-4-2-1-3-5-7-9-11-13-15-17-19-26-21-22(25)20-24/h9,11,17,19,22-25H,1-8,10,12,14,16,18,20-21H2/b11-9-,19-17-. The van der Waals surface area contributed by atoms with Crippen LogP contribution in [0.25, 0.3) is 0 Å². The Morgan fingerprint density at radius 2 is 1.27 bits per heavy atom. The van der Waals surface area contributed by atoms with E-state index in [0.29, 0.717) is 6.61 Å². The summed E-state index contributed by atoms with van der Waals surface area (Å²) in [4.78, 5) is 0. The number of rotatable bonds is 17. The molecule has 0 saturated heterocycles. The molecule has 0 spiro atoms. The monoisotopic (exact) mass is 366 g/mol. The van der Waals surface area contributed by atoms with Crippen LogP contribution < -0.4 is 0 Å². The first-order valence-corrected chi connectivity index (χ1v) is 10.1. The highest BCUT2D eigenvalue weighted by molar-refractivity contribution is 5.22. The van der Waals surface area contributed by atoms with Crippen LogP contribution in [0.3, 0.4) is 0 Å². The summed E-state index contributed by atoms with van der Waals surface area (Å²) < 4.78 is 4.99. The summed E-state index contributed by atoms with van der Waals surface area (Å²) in [5.74, 6) is 5.73. The highest BCUT2D eigenvalue weighted by Gasteiger charge is 1.98.